The third-order valence-electron chi connectivity index (χ3n) is 2.53. The van der Waals surface area contributed by atoms with Gasteiger partial charge in [-0.15, -0.1) is 0 Å². The lowest BCUT2D eigenvalue weighted by molar-refractivity contribution is -0.133. The Kier molecular flexibility index (Phi) is 5.10. The van der Waals surface area contributed by atoms with Crippen molar-refractivity contribution in [3.63, 3.8) is 0 Å². The van der Waals surface area contributed by atoms with E-state index in [0.717, 1.165) is 32.5 Å². The smallest absolute Gasteiger partial charge is 0.241 e. The van der Waals surface area contributed by atoms with Crippen molar-refractivity contribution in [2.24, 2.45) is 0 Å². The summed E-state index contributed by atoms with van der Waals surface area (Å²) in [6.45, 7) is 4.26. The highest BCUT2D eigenvalue weighted by molar-refractivity contribution is 5.80. The average molecular weight is 214 g/mol. The van der Waals surface area contributed by atoms with Crippen LogP contribution in [0.4, 0.5) is 0 Å². The number of hydrogen-bond acceptors (Lipinski definition) is 3. The number of nitrogens with zero attached hydrogens (tertiary/aromatic N) is 1. The molecule has 0 aromatic heterocycles. The third kappa shape index (κ3) is 3.87. The lowest BCUT2D eigenvalue weighted by Crippen LogP contribution is -2.44. The summed E-state index contributed by atoms with van der Waals surface area (Å²) in [5, 5.41) is 2.38. The molecule has 0 aromatic rings. The van der Waals surface area contributed by atoms with Gasteiger partial charge in [-0.1, -0.05) is 0 Å². The fourth-order valence-electron chi connectivity index (χ4n) is 1.75. The second-order valence-corrected chi connectivity index (χ2v) is 3.53. The van der Waals surface area contributed by atoms with Crippen molar-refractivity contribution < 1.29 is 14.3 Å². The highest BCUT2D eigenvalue weighted by atomic mass is 16.5. The van der Waals surface area contributed by atoms with Gasteiger partial charge in [-0.2, -0.15) is 0 Å². The predicted octanol–water partition coefficient (Wildman–Crippen LogP) is -0.240. The zero-order valence-electron chi connectivity index (χ0n) is 9.07. The van der Waals surface area contributed by atoms with Crippen LogP contribution < -0.4 is 5.32 Å². The monoisotopic (exact) mass is 214 g/mol. The number of rotatable bonds is 5. The normalized spacial score (nSPS) is 17.5. The van der Waals surface area contributed by atoms with Crippen molar-refractivity contribution in [1.29, 1.82) is 0 Å². The molecule has 1 aliphatic heterocycles. The molecule has 0 saturated carbocycles. The number of nitrogens with one attached hydrogen (secondary N) is 1. The molecule has 5 heteroatoms. The fourth-order valence-corrected chi connectivity index (χ4v) is 1.75. The van der Waals surface area contributed by atoms with Gasteiger partial charge in [0.15, 0.2) is 0 Å². The number of ether oxygens (including phenoxy) is 1. The van der Waals surface area contributed by atoms with Crippen LogP contribution in [0.25, 0.3) is 0 Å². The molecule has 0 aliphatic carbocycles. The summed E-state index contributed by atoms with van der Waals surface area (Å²) in [5.74, 6) is -0.0166. The Labute approximate surface area is 89.8 Å². The van der Waals surface area contributed by atoms with Gasteiger partial charge in [0.2, 0.25) is 12.3 Å². The standard InChI is InChI=1S/C10H18N2O3/c1-2-15-9-3-5-12(6-4-9)10(14)7-11-8-13/h8-9H,2-7H2,1H3,(H,11,13). The van der Waals surface area contributed by atoms with E-state index in [2.05, 4.69) is 5.32 Å². The molecule has 0 radical (unpaired) electrons. The van der Waals surface area contributed by atoms with Crippen molar-refractivity contribution in [2.45, 2.75) is 25.9 Å². The SMILES string of the molecule is CCOC1CCN(C(=O)CNC=O)CC1. The number of piperidine rings is 1. The maximum Gasteiger partial charge on any atom is 0.241 e. The first-order chi connectivity index (χ1) is 7.27. The first-order valence-electron chi connectivity index (χ1n) is 5.34. The molecule has 1 saturated heterocycles. The van der Waals surface area contributed by atoms with E-state index in [-0.39, 0.29) is 18.6 Å². The van der Waals surface area contributed by atoms with Crippen LogP contribution in [-0.4, -0.2) is 49.6 Å². The summed E-state index contributed by atoms with van der Waals surface area (Å²) < 4.78 is 5.48. The van der Waals surface area contributed by atoms with Crippen molar-refractivity contribution in [3.8, 4) is 0 Å². The molecular weight excluding hydrogens is 196 g/mol. The van der Waals surface area contributed by atoms with Crippen LogP contribution in [-0.2, 0) is 14.3 Å². The van der Waals surface area contributed by atoms with E-state index in [1.165, 1.54) is 0 Å². The minimum Gasteiger partial charge on any atom is -0.378 e. The van der Waals surface area contributed by atoms with Gasteiger partial charge < -0.3 is 15.0 Å². The van der Waals surface area contributed by atoms with Crippen molar-refractivity contribution in [1.82, 2.24) is 10.2 Å². The van der Waals surface area contributed by atoms with Gasteiger partial charge in [-0.3, -0.25) is 9.59 Å². The van der Waals surface area contributed by atoms with E-state index in [0.29, 0.717) is 6.41 Å². The first kappa shape index (κ1) is 12.0. The van der Waals surface area contributed by atoms with E-state index >= 15 is 0 Å². The molecule has 1 heterocycles. The summed E-state index contributed by atoms with van der Waals surface area (Å²) in [7, 11) is 0. The zero-order valence-corrected chi connectivity index (χ0v) is 9.07. The van der Waals surface area contributed by atoms with Gasteiger partial charge >= 0.3 is 0 Å². The molecule has 0 atom stereocenters. The van der Waals surface area contributed by atoms with E-state index in [1.54, 1.807) is 4.90 Å². The van der Waals surface area contributed by atoms with Crippen LogP contribution in [0, 0.1) is 0 Å². The molecule has 0 bridgehead atoms. The maximum absolute atomic E-state index is 11.5. The predicted molar refractivity (Wildman–Crippen MR) is 55.3 cm³/mol. The Morgan fingerprint density at radius 3 is 2.73 bits per heavy atom. The highest BCUT2D eigenvalue weighted by Crippen LogP contribution is 2.13. The molecule has 0 spiro atoms. The molecule has 0 unspecified atom stereocenters. The molecule has 5 nitrogen and oxygen atoms in total. The summed E-state index contributed by atoms with van der Waals surface area (Å²) in [6, 6.07) is 0. The fraction of sp³-hybridized carbons (Fsp3) is 0.800. The Morgan fingerprint density at radius 1 is 1.53 bits per heavy atom. The minimum atomic E-state index is -0.0166. The second-order valence-electron chi connectivity index (χ2n) is 3.53. The second kappa shape index (κ2) is 6.40. The van der Waals surface area contributed by atoms with E-state index in [1.807, 2.05) is 6.92 Å². The summed E-state index contributed by atoms with van der Waals surface area (Å²) in [6.07, 6.45) is 2.62. The zero-order chi connectivity index (χ0) is 11.1. The van der Waals surface area contributed by atoms with Gasteiger partial charge in [0, 0.05) is 19.7 Å². The quantitative estimate of drug-likeness (QED) is 0.643. The molecule has 2 amide bonds. The number of carbonyl (C=O) groups excluding carboxylic acids is 2. The van der Waals surface area contributed by atoms with Gasteiger partial charge in [-0.05, 0) is 19.8 Å². The largest absolute Gasteiger partial charge is 0.378 e. The van der Waals surface area contributed by atoms with Crippen molar-refractivity contribution >= 4 is 12.3 Å². The first-order valence-corrected chi connectivity index (χ1v) is 5.34. The summed E-state index contributed by atoms with van der Waals surface area (Å²) in [4.78, 5) is 23.3. The third-order valence-corrected chi connectivity index (χ3v) is 2.53. The molecule has 1 N–H and O–H groups in total. The highest BCUT2D eigenvalue weighted by Gasteiger charge is 2.22. The lowest BCUT2D eigenvalue weighted by atomic mass is 10.1. The van der Waals surface area contributed by atoms with E-state index in [4.69, 9.17) is 4.74 Å². The van der Waals surface area contributed by atoms with Gasteiger partial charge in [0.1, 0.15) is 0 Å². The molecule has 1 rings (SSSR count). The lowest BCUT2D eigenvalue weighted by Gasteiger charge is -2.31. The molecule has 86 valence electrons. The number of likely N-dealkylation sites (tertiary alicyclic amines) is 1. The van der Waals surface area contributed by atoms with Gasteiger partial charge in [0.05, 0.1) is 12.6 Å². The molecule has 15 heavy (non-hydrogen) atoms. The Morgan fingerprint density at radius 2 is 2.20 bits per heavy atom. The van der Waals surface area contributed by atoms with E-state index in [9.17, 15) is 9.59 Å². The van der Waals surface area contributed by atoms with E-state index < -0.39 is 0 Å². The Bertz CT molecular complexity index is 213. The summed E-state index contributed by atoms with van der Waals surface area (Å²) >= 11 is 0. The van der Waals surface area contributed by atoms with Crippen LogP contribution in [0.2, 0.25) is 0 Å². The van der Waals surface area contributed by atoms with Crippen LogP contribution in [0.5, 0.6) is 0 Å². The molecule has 1 fully saturated rings. The Balaban J connectivity index is 2.24. The van der Waals surface area contributed by atoms with Crippen molar-refractivity contribution in [2.75, 3.05) is 26.2 Å². The van der Waals surface area contributed by atoms with Gasteiger partial charge in [0.25, 0.3) is 0 Å². The van der Waals surface area contributed by atoms with Crippen molar-refractivity contribution in [3.05, 3.63) is 0 Å². The van der Waals surface area contributed by atoms with Crippen LogP contribution >= 0.6 is 0 Å². The van der Waals surface area contributed by atoms with Crippen LogP contribution in [0.15, 0.2) is 0 Å². The molecule has 1 aliphatic rings. The van der Waals surface area contributed by atoms with Crippen LogP contribution in [0.1, 0.15) is 19.8 Å². The molecule has 0 aromatic carbocycles. The molecular formula is C10H18N2O3. The van der Waals surface area contributed by atoms with Crippen LogP contribution in [0.3, 0.4) is 0 Å². The average Bonchev–Trinajstić information content (AvgIpc) is 2.27. The topological polar surface area (TPSA) is 58.6 Å². The Hall–Kier alpha value is -1.10. The number of carbonyl (C=O) groups is 2. The number of hydrogen-bond donors (Lipinski definition) is 1. The number of amides is 2. The summed E-state index contributed by atoms with van der Waals surface area (Å²) in [5.41, 5.74) is 0. The minimum absolute atomic E-state index is 0.0166. The maximum atomic E-state index is 11.5. The van der Waals surface area contributed by atoms with Gasteiger partial charge in [-0.25, -0.2) is 0 Å².